The highest BCUT2D eigenvalue weighted by atomic mass is 16.5. The minimum Gasteiger partial charge on any atom is -0.483 e. The monoisotopic (exact) mass is 290 g/mol. The number of fused-ring (bicyclic) bond motifs is 1. The second-order valence-electron chi connectivity index (χ2n) is 5.72. The second kappa shape index (κ2) is 6.61. The molecule has 2 N–H and O–H groups in total. The van der Waals surface area contributed by atoms with E-state index in [0.29, 0.717) is 23.8 Å². The Labute approximate surface area is 125 Å². The van der Waals surface area contributed by atoms with E-state index in [4.69, 9.17) is 9.94 Å². The van der Waals surface area contributed by atoms with Gasteiger partial charge in [0.15, 0.2) is 6.61 Å². The Morgan fingerprint density at radius 1 is 1.38 bits per heavy atom. The van der Waals surface area contributed by atoms with Gasteiger partial charge >= 0.3 is 0 Å². The molecular formula is C16H22N2O3. The summed E-state index contributed by atoms with van der Waals surface area (Å²) in [7, 11) is 0. The summed E-state index contributed by atoms with van der Waals surface area (Å²) in [5.41, 5.74) is 2.59. The van der Waals surface area contributed by atoms with Gasteiger partial charge in [-0.1, -0.05) is 31.1 Å². The van der Waals surface area contributed by atoms with Gasteiger partial charge in [0.1, 0.15) is 5.75 Å². The van der Waals surface area contributed by atoms with Crippen LogP contribution in [-0.4, -0.2) is 29.5 Å². The summed E-state index contributed by atoms with van der Waals surface area (Å²) in [4.78, 5) is 11.9. The minimum absolute atomic E-state index is 0.000878. The predicted octanol–water partition coefficient (Wildman–Crippen LogP) is 2.35. The number of ether oxygens (including phenoxy) is 1. The zero-order valence-electron chi connectivity index (χ0n) is 12.7. The first-order chi connectivity index (χ1) is 10.0. The summed E-state index contributed by atoms with van der Waals surface area (Å²) in [6, 6.07) is 5.72. The molecule has 0 fully saturated rings. The first kappa shape index (κ1) is 15.4. The highest BCUT2D eigenvalue weighted by molar-refractivity contribution is 6.04. The molecule has 1 unspecified atom stereocenters. The van der Waals surface area contributed by atoms with Gasteiger partial charge in [-0.25, -0.2) is 0 Å². The lowest BCUT2D eigenvalue weighted by Gasteiger charge is -2.18. The fourth-order valence-electron chi connectivity index (χ4n) is 2.32. The van der Waals surface area contributed by atoms with Gasteiger partial charge in [0.25, 0.3) is 5.91 Å². The van der Waals surface area contributed by atoms with Crippen LogP contribution in [0.4, 0.5) is 0 Å². The van der Waals surface area contributed by atoms with Crippen molar-refractivity contribution in [2.24, 2.45) is 11.1 Å². The molecule has 1 aliphatic carbocycles. The van der Waals surface area contributed by atoms with Crippen LogP contribution in [0.25, 0.3) is 0 Å². The summed E-state index contributed by atoms with van der Waals surface area (Å²) in [5, 5.41) is 15.2. The van der Waals surface area contributed by atoms with E-state index in [2.05, 4.69) is 24.3 Å². The van der Waals surface area contributed by atoms with Gasteiger partial charge in [0.05, 0.1) is 5.71 Å². The molecule has 1 amide bonds. The third-order valence-corrected chi connectivity index (χ3v) is 3.92. The van der Waals surface area contributed by atoms with Gasteiger partial charge < -0.3 is 15.3 Å². The molecule has 0 saturated heterocycles. The molecule has 0 radical (unpaired) electrons. The molecule has 1 aromatic rings. The molecule has 21 heavy (non-hydrogen) atoms. The number of hydrogen-bond acceptors (Lipinski definition) is 4. The van der Waals surface area contributed by atoms with E-state index in [1.54, 1.807) is 0 Å². The van der Waals surface area contributed by atoms with Gasteiger partial charge in [-0.15, -0.1) is 0 Å². The molecule has 5 nitrogen and oxygen atoms in total. The van der Waals surface area contributed by atoms with Crippen LogP contribution in [0, 0.1) is 5.92 Å². The fraction of sp³-hybridized carbons (Fsp3) is 0.500. The highest BCUT2D eigenvalue weighted by Gasteiger charge is 2.22. The number of benzene rings is 1. The standard InChI is InChI=1S/C16H22N2O3/c1-10(2)11(3)17-16(19)9-21-15-6-4-5-12-13(15)7-8-14(12)18-20/h4-6,10-11,20H,7-9H2,1-3H3,(H,17,19). The summed E-state index contributed by atoms with van der Waals surface area (Å²) in [5.74, 6) is 0.958. The largest absolute Gasteiger partial charge is 0.483 e. The van der Waals surface area contributed by atoms with Crippen molar-refractivity contribution >= 4 is 11.6 Å². The number of nitrogens with zero attached hydrogens (tertiary/aromatic N) is 1. The summed E-state index contributed by atoms with van der Waals surface area (Å²) in [6.45, 7) is 6.10. The van der Waals surface area contributed by atoms with E-state index in [1.807, 2.05) is 25.1 Å². The lowest BCUT2D eigenvalue weighted by atomic mass is 10.1. The molecule has 2 rings (SSSR count). The number of oxime groups is 1. The van der Waals surface area contributed by atoms with E-state index in [-0.39, 0.29) is 18.6 Å². The van der Waals surface area contributed by atoms with Gasteiger partial charge in [0.2, 0.25) is 0 Å². The second-order valence-corrected chi connectivity index (χ2v) is 5.72. The van der Waals surface area contributed by atoms with Crippen molar-refractivity contribution in [3.8, 4) is 5.75 Å². The van der Waals surface area contributed by atoms with Crippen LogP contribution in [0.2, 0.25) is 0 Å². The molecule has 0 bridgehead atoms. The molecule has 114 valence electrons. The van der Waals surface area contributed by atoms with Gasteiger partial charge in [-0.2, -0.15) is 0 Å². The lowest BCUT2D eigenvalue weighted by Crippen LogP contribution is -2.39. The van der Waals surface area contributed by atoms with Crippen molar-refractivity contribution < 1.29 is 14.7 Å². The van der Waals surface area contributed by atoms with Gasteiger partial charge in [0, 0.05) is 17.2 Å². The molecule has 1 aliphatic rings. The van der Waals surface area contributed by atoms with Crippen LogP contribution in [-0.2, 0) is 11.2 Å². The molecule has 0 saturated carbocycles. The van der Waals surface area contributed by atoms with Crippen molar-refractivity contribution in [1.29, 1.82) is 0 Å². The van der Waals surface area contributed by atoms with Gasteiger partial charge in [-0.05, 0) is 31.7 Å². The SMILES string of the molecule is CC(C)C(C)NC(=O)COc1cccc2c1CCC2=NO. The Kier molecular flexibility index (Phi) is 4.83. The van der Waals surface area contributed by atoms with Crippen LogP contribution in [0.5, 0.6) is 5.75 Å². The van der Waals surface area contributed by atoms with Crippen molar-refractivity contribution in [1.82, 2.24) is 5.32 Å². The van der Waals surface area contributed by atoms with E-state index in [9.17, 15) is 4.79 Å². The number of carbonyl (C=O) groups is 1. The Bertz CT molecular complexity index is 552. The average Bonchev–Trinajstić information content (AvgIpc) is 2.88. The zero-order valence-corrected chi connectivity index (χ0v) is 12.7. The Hall–Kier alpha value is -2.04. The number of rotatable bonds is 5. The lowest BCUT2D eigenvalue weighted by molar-refractivity contribution is -0.124. The molecule has 1 atom stereocenters. The molecule has 0 aliphatic heterocycles. The summed E-state index contributed by atoms with van der Waals surface area (Å²) in [6.07, 6.45) is 1.47. The van der Waals surface area contributed by atoms with Crippen molar-refractivity contribution in [3.63, 3.8) is 0 Å². The maximum Gasteiger partial charge on any atom is 0.258 e. The van der Waals surface area contributed by atoms with E-state index in [0.717, 1.165) is 17.5 Å². The van der Waals surface area contributed by atoms with Crippen molar-refractivity contribution in [2.45, 2.75) is 39.7 Å². The number of carbonyl (C=O) groups excluding carboxylic acids is 1. The van der Waals surface area contributed by atoms with Gasteiger partial charge in [-0.3, -0.25) is 4.79 Å². The van der Waals surface area contributed by atoms with E-state index in [1.165, 1.54) is 0 Å². The van der Waals surface area contributed by atoms with Crippen LogP contribution in [0.1, 0.15) is 38.3 Å². The molecule has 0 aromatic heterocycles. The third-order valence-electron chi connectivity index (χ3n) is 3.92. The Morgan fingerprint density at radius 3 is 2.81 bits per heavy atom. The van der Waals surface area contributed by atoms with Crippen LogP contribution in [0.15, 0.2) is 23.4 Å². The Morgan fingerprint density at radius 2 is 2.14 bits per heavy atom. The first-order valence-electron chi connectivity index (χ1n) is 7.28. The van der Waals surface area contributed by atoms with Crippen LogP contribution in [0.3, 0.4) is 0 Å². The summed E-state index contributed by atoms with van der Waals surface area (Å²) < 4.78 is 5.64. The normalized spacial score (nSPS) is 16.9. The van der Waals surface area contributed by atoms with Crippen molar-refractivity contribution in [3.05, 3.63) is 29.3 Å². The smallest absolute Gasteiger partial charge is 0.258 e. The highest BCUT2D eigenvalue weighted by Crippen LogP contribution is 2.30. The third kappa shape index (κ3) is 3.54. The average molecular weight is 290 g/mol. The molecule has 0 spiro atoms. The predicted molar refractivity (Wildman–Crippen MR) is 81.0 cm³/mol. The van der Waals surface area contributed by atoms with Crippen LogP contribution < -0.4 is 10.1 Å². The maximum atomic E-state index is 11.9. The summed E-state index contributed by atoms with van der Waals surface area (Å²) >= 11 is 0. The molecule has 0 heterocycles. The fourth-order valence-corrected chi connectivity index (χ4v) is 2.32. The minimum atomic E-state index is -0.122. The van der Waals surface area contributed by atoms with E-state index < -0.39 is 0 Å². The maximum absolute atomic E-state index is 11.9. The zero-order chi connectivity index (χ0) is 15.4. The number of amides is 1. The van der Waals surface area contributed by atoms with Crippen LogP contribution >= 0.6 is 0 Å². The van der Waals surface area contributed by atoms with E-state index >= 15 is 0 Å². The molecule has 5 heteroatoms. The number of hydrogen-bond donors (Lipinski definition) is 2. The molecular weight excluding hydrogens is 268 g/mol. The Balaban J connectivity index is 1.99. The van der Waals surface area contributed by atoms with Crippen molar-refractivity contribution in [2.75, 3.05) is 6.61 Å². The number of nitrogens with one attached hydrogen (secondary N) is 1. The quantitative estimate of drug-likeness (QED) is 0.646. The first-order valence-corrected chi connectivity index (χ1v) is 7.28. The topological polar surface area (TPSA) is 70.9 Å². The molecule has 1 aromatic carbocycles.